The van der Waals surface area contributed by atoms with Crippen molar-refractivity contribution < 1.29 is 29.4 Å². The van der Waals surface area contributed by atoms with Crippen molar-refractivity contribution in [2.24, 2.45) is 0 Å². The lowest BCUT2D eigenvalue weighted by Crippen LogP contribution is -2.43. The van der Waals surface area contributed by atoms with Gasteiger partial charge in [0.05, 0.1) is 25.8 Å². The van der Waals surface area contributed by atoms with Crippen molar-refractivity contribution in [3.8, 4) is 11.5 Å². The van der Waals surface area contributed by atoms with Gasteiger partial charge in [0.1, 0.15) is 6.04 Å². The zero-order valence-corrected chi connectivity index (χ0v) is 17.0. The Balaban J connectivity index is 1.69. The Kier molecular flexibility index (Phi) is 5.51. The minimum atomic E-state index is -0.541. The highest BCUT2D eigenvalue weighted by atomic mass is 16.5. The number of nitrogens with one attached hydrogen (secondary N) is 1. The van der Waals surface area contributed by atoms with Crippen LogP contribution in [-0.4, -0.2) is 46.1 Å². The van der Waals surface area contributed by atoms with Crippen LogP contribution in [-0.2, 0) is 33.9 Å². The second-order valence-corrected chi connectivity index (χ2v) is 7.68. The number of benzene rings is 2. The number of amides is 3. The van der Waals surface area contributed by atoms with Gasteiger partial charge in [0.15, 0.2) is 11.5 Å². The second kappa shape index (κ2) is 8.27. The van der Waals surface area contributed by atoms with E-state index in [-0.39, 0.29) is 42.8 Å². The summed E-state index contributed by atoms with van der Waals surface area (Å²) in [6.07, 6.45) is 0.821. The van der Waals surface area contributed by atoms with Crippen LogP contribution in [0.3, 0.4) is 0 Å². The lowest BCUT2D eigenvalue weighted by atomic mass is 10.1. The van der Waals surface area contributed by atoms with E-state index in [1.54, 1.807) is 39.5 Å². The maximum Gasteiger partial charge on any atom is 0.250 e. The number of phenolic OH excluding ortho intramolecular Hbond substituents is 1. The molecule has 2 aliphatic heterocycles. The number of carbonyl (C=O) groups is 3. The zero-order valence-electron chi connectivity index (χ0n) is 17.0. The zero-order chi connectivity index (χ0) is 22.1. The minimum absolute atomic E-state index is 0.0396. The van der Waals surface area contributed by atoms with Gasteiger partial charge < -0.3 is 19.6 Å². The summed E-state index contributed by atoms with van der Waals surface area (Å²) in [4.78, 5) is 40.3. The van der Waals surface area contributed by atoms with Crippen LogP contribution in [0.25, 0.3) is 0 Å². The molecule has 3 amide bonds. The maximum absolute atomic E-state index is 13.4. The van der Waals surface area contributed by atoms with Gasteiger partial charge in [0.25, 0.3) is 0 Å². The molecule has 0 bridgehead atoms. The third-order valence-electron chi connectivity index (χ3n) is 5.74. The highest BCUT2D eigenvalue weighted by Gasteiger charge is 2.42. The Morgan fingerprint density at radius 2 is 1.90 bits per heavy atom. The van der Waals surface area contributed by atoms with Crippen LogP contribution in [0, 0.1) is 0 Å². The van der Waals surface area contributed by atoms with Crippen molar-refractivity contribution in [3.63, 3.8) is 0 Å². The largest absolute Gasteiger partial charge is 0.504 e. The number of nitrogens with zero attached hydrogens (tertiary/aromatic N) is 2. The van der Waals surface area contributed by atoms with Crippen LogP contribution in [0.15, 0.2) is 36.4 Å². The van der Waals surface area contributed by atoms with Crippen molar-refractivity contribution in [1.29, 1.82) is 0 Å². The molecule has 0 aromatic heterocycles. The van der Waals surface area contributed by atoms with E-state index in [0.717, 1.165) is 11.1 Å². The monoisotopic (exact) mass is 425 g/mol. The molecule has 1 atom stereocenters. The van der Waals surface area contributed by atoms with Gasteiger partial charge in [0, 0.05) is 19.0 Å². The predicted molar refractivity (Wildman–Crippen MR) is 109 cm³/mol. The van der Waals surface area contributed by atoms with Gasteiger partial charge in [-0.15, -0.1) is 0 Å². The van der Waals surface area contributed by atoms with Gasteiger partial charge >= 0.3 is 0 Å². The Hall–Kier alpha value is -3.59. The molecule has 9 nitrogen and oxygen atoms in total. The third kappa shape index (κ3) is 3.91. The fraction of sp³-hybridized carbons (Fsp3) is 0.318. The first-order valence-corrected chi connectivity index (χ1v) is 9.92. The van der Waals surface area contributed by atoms with E-state index >= 15 is 0 Å². The van der Waals surface area contributed by atoms with E-state index < -0.39 is 11.9 Å². The van der Waals surface area contributed by atoms with Crippen LogP contribution in [0.4, 0.5) is 5.69 Å². The average Bonchev–Trinajstić information content (AvgIpc) is 3.08. The number of methoxy groups -OCH3 is 1. The lowest BCUT2D eigenvalue weighted by molar-refractivity contribution is -0.134. The predicted octanol–water partition coefficient (Wildman–Crippen LogP) is 1.49. The van der Waals surface area contributed by atoms with E-state index in [9.17, 15) is 19.5 Å². The molecule has 0 saturated carbocycles. The van der Waals surface area contributed by atoms with Gasteiger partial charge in [-0.25, -0.2) is 5.48 Å². The molecule has 162 valence electrons. The number of rotatable bonds is 5. The molecule has 0 spiro atoms. The minimum Gasteiger partial charge on any atom is -0.504 e. The van der Waals surface area contributed by atoms with Gasteiger partial charge in [-0.1, -0.05) is 24.3 Å². The fourth-order valence-corrected chi connectivity index (χ4v) is 4.15. The number of hydrogen-bond donors (Lipinski definition) is 3. The summed E-state index contributed by atoms with van der Waals surface area (Å²) in [5.41, 5.74) is 4.41. The summed E-state index contributed by atoms with van der Waals surface area (Å²) in [7, 11) is 1.44. The van der Waals surface area contributed by atoms with Gasteiger partial charge in [-0.3, -0.25) is 19.6 Å². The van der Waals surface area contributed by atoms with Crippen LogP contribution in [0.1, 0.15) is 29.5 Å². The molecule has 0 radical (unpaired) electrons. The van der Waals surface area contributed by atoms with Gasteiger partial charge in [-0.05, 0) is 29.2 Å². The van der Waals surface area contributed by atoms with Crippen molar-refractivity contribution in [2.45, 2.75) is 38.4 Å². The first-order chi connectivity index (χ1) is 14.9. The third-order valence-corrected chi connectivity index (χ3v) is 5.74. The van der Waals surface area contributed by atoms with Crippen molar-refractivity contribution >= 4 is 23.4 Å². The summed E-state index contributed by atoms with van der Waals surface area (Å²) >= 11 is 0. The Bertz CT molecular complexity index is 1040. The maximum atomic E-state index is 13.4. The number of carbonyl (C=O) groups excluding carboxylic acids is 3. The van der Waals surface area contributed by atoms with Crippen LogP contribution in [0.5, 0.6) is 11.5 Å². The molecular weight excluding hydrogens is 402 g/mol. The number of anilines is 1. The summed E-state index contributed by atoms with van der Waals surface area (Å²) < 4.78 is 5.24. The molecule has 9 heteroatoms. The van der Waals surface area contributed by atoms with Crippen LogP contribution < -0.4 is 15.1 Å². The number of ether oxygens (including phenoxy) is 1. The summed E-state index contributed by atoms with van der Waals surface area (Å²) in [5, 5.41) is 18.9. The highest BCUT2D eigenvalue weighted by molar-refractivity contribution is 6.02. The molecule has 2 aromatic rings. The van der Waals surface area contributed by atoms with Crippen molar-refractivity contribution in [3.05, 3.63) is 53.1 Å². The molecule has 4 rings (SSSR count). The highest BCUT2D eigenvalue weighted by Crippen LogP contribution is 2.40. The average molecular weight is 425 g/mol. The molecule has 1 fully saturated rings. The van der Waals surface area contributed by atoms with E-state index in [4.69, 9.17) is 9.94 Å². The molecule has 2 aromatic carbocycles. The Morgan fingerprint density at radius 1 is 1.19 bits per heavy atom. The molecule has 1 saturated heterocycles. The first kappa shape index (κ1) is 20.7. The molecular formula is C22H23N3O6. The second-order valence-electron chi connectivity index (χ2n) is 7.68. The quantitative estimate of drug-likeness (QED) is 0.493. The van der Waals surface area contributed by atoms with Gasteiger partial charge in [-0.2, -0.15) is 0 Å². The normalized spacial score (nSPS) is 17.8. The first-order valence-electron chi connectivity index (χ1n) is 9.92. The number of hydroxylamine groups is 1. The molecule has 3 N–H and O–H groups in total. The van der Waals surface area contributed by atoms with Crippen molar-refractivity contribution in [1.82, 2.24) is 10.4 Å². The van der Waals surface area contributed by atoms with E-state index in [2.05, 4.69) is 0 Å². The van der Waals surface area contributed by atoms with E-state index in [1.807, 2.05) is 12.1 Å². The SMILES string of the molecule is COc1cc2c(cc1O)CN1C(=O)CC[C@H]1C(=O)N2Cc1ccc(CC(=O)NO)cc1. The van der Waals surface area contributed by atoms with Crippen LogP contribution >= 0.6 is 0 Å². The molecule has 2 heterocycles. The number of aromatic hydroxyl groups is 1. The van der Waals surface area contributed by atoms with E-state index in [0.29, 0.717) is 24.1 Å². The van der Waals surface area contributed by atoms with Crippen molar-refractivity contribution in [2.75, 3.05) is 12.0 Å². The van der Waals surface area contributed by atoms with E-state index in [1.165, 1.54) is 7.11 Å². The molecule has 0 unspecified atom stereocenters. The number of phenols is 1. The molecule has 2 aliphatic rings. The summed E-state index contributed by atoms with van der Waals surface area (Å²) in [6, 6.07) is 9.77. The Morgan fingerprint density at radius 3 is 2.58 bits per heavy atom. The molecule has 31 heavy (non-hydrogen) atoms. The Labute approximate surface area is 178 Å². The standard InChI is InChI=1S/C22H23N3O6/c1-31-19-10-17-15(9-18(19)26)12-24-16(6-7-21(24)28)22(29)25(17)11-14-4-2-13(3-5-14)8-20(27)23-30/h2-5,9-10,16,26,30H,6-8,11-12H2,1H3,(H,23,27)/t16-/m0/s1. The topological polar surface area (TPSA) is 119 Å². The number of fused-ring (bicyclic) bond motifs is 2. The van der Waals surface area contributed by atoms with Crippen LogP contribution in [0.2, 0.25) is 0 Å². The number of hydrogen-bond acceptors (Lipinski definition) is 6. The molecule has 0 aliphatic carbocycles. The lowest BCUT2D eigenvalue weighted by Gasteiger charge is -2.26. The fourth-order valence-electron chi connectivity index (χ4n) is 4.15. The summed E-state index contributed by atoms with van der Waals surface area (Å²) in [6.45, 7) is 0.499. The van der Waals surface area contributed by atoms with Gasteiger partial charge in [0.2, 0.25) is 17.7 Å². The smallest absolute Gasteiger partial charge is 0.250 e. The summed E-state index contributed by atoms with van der Waals surface area (Å²) in [5.74, 6) is -0.572.